The van der Waals surface area contributed by atoms with Crippen LogP contribution in [0.15, 0.2) is 23.1 Å². The smallest absolute Gasteiger partial charge is 0.241 e. The molecule has 0 amide bonds. The Hall–Kier alpha value is -1.07. The van der Waals surface area contributed by atoms with Crippen LogP contribution in [0, 0.1) is 0 Å². The van der Waals surface area contributed by atoms with E-state index in [1.54, 1.807) is 12.1 Å². The number of fused-ring (bicyclic) bond motifs is 1. The van der Waals surface area contributed by atoms with E-state index in [4.69, 9.17) is 0 Å². The van der Waals surface area contributed by atoms with Gasteiger partial charge in [0.2, 0.25) is 10.0 Å². The van der Waals surface area contributed by atoms with Crippen molar-refractivity contribution < 1.29 is 8.42 Å². The number of benzene rings is 1. The minimum atomic E-state index is -3.39. The van der Waals surface area contributed by atoms with Crippen LogP contribution in [0.3, 0.4) is 0 Å². The van der Waals surface area contributed by atoms with Gasteiger partial charge in [0.15, 0.2) is 0 Å². The maximum Gasteiger partial charge on any atom is 0.241 e. The summed E-state index contributed by atoms with van der Waals surface area (Å²) in [6, 6.07) is 5.37. The van der Waals surface area contributed by atoms with E-state index in [1.165, 1.54) is 0 Å². The molecule has 0 atom stereocenters. The van der Waals surface area contributed by atoms with Crippen molar-refractivity contribution in [2.75, 3.05) is 11.9 Å². The number of sulfonamides is 1. The number of anilines is 1. The number of hydrogen-bond acceptors (Lipinski definition) is 3. The van der Waals surface area contributed by atoms with Crippen molar-refractivity contribution in [3.63, 3.8) is 0 Å². The van der Waals surface area contributed by atoms with Gasteiger partial charge in [0.1, 0.15) is 0 Å². The third kappa shape index (κ3) is 2.25. The molecule has 1 aliphatic carbocycles. The van der Waals surface area contributed by atoms with Crippen LogP contribution in [-0.2, 0) is 16.4 Å². The Bertz CT molecular complexity index is 586. The molecule has 3 rings (SSSR count). The summed E-state index contributed by atoms with van der Waals surface area (Å²) in [4.78, 5) is 0.398. The summed E-state index contributed by atoms with van der Waals surface area (Å²) in [6.45, 7) is 2.94. The minimum Gasteiger partial charge on any atom is -0.384 e. The van der Waals surface area contributed by atoms with Crippen LogP contribution >= 0.6 is 0 Å². The zero-order valence-electron chi connectivity index (χ0n) is 11.2. The molecule has 0 aromatic heterocycles. The lowest BCUT2D eigenvalue weighted by molar-refractivity contribution is 0.214. The molecule has 0 spiro atoms. The van der Waals surface area contributed by atoms with Gasteiger partial charge in [0.05, 0.1) is 4.90 Å². The third-order valence-corrected chi connectivity index (χ3v) is 6.01. The summed E-state index contributed by atoms with van der Waals surface area (Å²) in [5, 5.41) is 3.25. The second-order valence-corrected chi connectivity index (χ2v) is 7.27. The molecule has 0 saturated heterocycles. The van der Waals surface area contributed by atoms with E-state index < -0.39 is 10.0 Å². The highest BCUT2D eigenvalue weighted by Gasteiger charge is 2.39. The highest BCUT2D eigenvalue weighted by Crippen LogP contribution is 2.36. The van der Waals surface area contributed by atoms with Crippen LogP contribution in [0.25, 0.3) is 0 Å². The van der Waals surface area contributed by atoms with Gasteiger partial charge < -0.3 is 5.32 Å². The van der Waals surface area contributed by atoms with Gasteiger partial charge in [-0.15, -0.1) is 0 Å². The van der Waals surface area contributed by atoms with Crippen molar-refractivity contribution in [1.82, 2.24) is 4.72 Å². The standard InChI is InChI=1S/C14H20N2O2S/c1-2-14(7-3-8-14)16-19(17,18)12-4-5-13-11(10-12)6-9-15-13/h4-5,10,15-16H,2-3,6-9H2,1H3. The van der Waals surface area contributed by atoms with Crippen molar-refractivity contribution in [2.24, 2.45) is 0 Å². The molecule has 1 fully saturated rings. The van der Waals surface area contributed by atoms with Gasteiger partial charge in [-0.3, -0.25) is 0 Å². The predicted molar refractivity (Wildman–Crippen MR) is 75.8 cm³/mol. The summed E-state index contributed by atoms with van der Waals surface area (Å²) in [7, 11) is -3.39. The lowest BCUT2D eigenvalue weighted by Gasteiger charge is -2.41. The molecule has 1 aliphatic heterocycles. The van der Waals surface area contributed by atoms with Crippen LogP contribution in [0.1, 0.15) is 38.2 Å². The number of nitrogens with one attached hydrogen (secondary N) is 2. The molecule has 2 N–H and O–H groups in total. The second kappa shape index (κ2) is 4.49. The van der Waals surface area contributed by atoms with Crippen molar-refractivity contribution in [2.45, 2.75) is 49.5 Å². The predicted octanol–water partition coefficient (Wildman–Crippen LogP) is 2.27. The van der Waals surface area contributed by atoms with E-state index >= 15 is 0 Å². The molecule has 19 heavy (non-hydrogen) atoms. The highest BCUT2D eigenvalue weighted by molar-refractivity contribution is 7.89. The van der Waals surface area contributed by atoms with Gasteiger partial charge in [0.25, 0.3) is 0 Å². The Morgan fingerprint density at radius 1 is 1.37 bits per heavy atom. The molecule has 0 unspecified atom stereocenters. The Morgan fingerprint density at radius 3 is 2.79 bits per heavy atom. The summed E-state index contributed by atoms with van der Waals surface area (Å²) >= 11 is 0. The first-order valence-electron chi connectivity index (χ1n) is 6.95. The molecule has 1 heterocycles. The van der Waals surface area contributed by atoms with E-state index in [9.17, 15) is 8.42 Å². The van der Waals surface area contributed by atoms with Crippen LogP contribution < -0.4 is 10.0 Å². The second-order valence-electron chi connectivity index (χ2n) is 5.59. The van der Waals surface area contributed by atoms with E-state index in [2.05, 4.69) is 10.0 Å². The lowest BCUT2D eigenvalue weighted by Crippen LogP contribution is -2.52. The van der Waals surface area contributed by atoms with E-state index in [1.807, 2.05) is 13.0 Å². The fourth-order valence-corrected chi connectivity index (χ4v) is 4.50. The molecule has 1 aromatic rings. The van der Waals surface area contributed by atoms with E-state index in [0.29, 0.717) is 4.90 Å². The molecular weight excluding hydrogens is 260 g/mol. The highest BCUT2D eigenvalue weighted by atomic mass is 32.2. The largest absolute Gasteiger partial charge is 0.384 e. The van der Waals surface area contributed by atoms with Crippen LogP contribution in [0.2, 0.25) is 0 Å². The first-order valence-corrected chi connectivity index (χ1v) is 8.44. The molecule has 0 radical (unpaired) electrons. The van der Waals surface area contributed by atoms with E-state index in [-0.39, 0.29) is 5.54 Å². The van der Waals surface area contributed by atoms with Crippen LogP contribution in [0.5, 0.6) is 0 Å². The fraction of sp³-hybridized carbons (Fsp3) is 0.571. The van der Waals surface area contributed by atoms with Gasteiger partial charge in [0, 0.05) is 17.8 Å². The third-order valence-electron chi connectivity index (χ3n) is 4.44. The Kier molecular flexibility index (Phi) is 3.06. The zero-order valence-corrected chi connectivity index (χ0v) is 12.0. The van der Waals surface area contributed by atoms with Crippen LogP contribution in [-0.4, -0.2) is 20.5 Å². The van der Waals surface area contributed by atoms with Gasteiger partial charge in [-0.2, -0.15) is 0 Å². The Balaban J connectivity index is 1.88. The van der Waals surface area contributed by atoms with Crippen molar-refractivity contribution in [3.8, 4) is 0 Å². The molecule has 2 aliphatic rings. The molecule has 5 heteroatoms. The summed E-state index contributed by atoms with van der Waals surface area (Å²) in [5.74, 6) is 0. The maximum atomic E-state index is 12.5. The van der Waals surface area contributed by atoms with Gasteiger partial charge in [-0.05, 0) is 55.9 Å². The first-order chi connectivity index (χ1) is 9.05. The molecular formula is C14H20N2O2S. The monoisotopic (exact) mass is 280 g/mol. The average molecular weight is 280 g/mol. The summed E-state index contributed by atoms with van der Waals surface area (Å²) in [6.07, 6.45) is 4.78. The zero-order chi connectivity index (χ0) is 13.5. The number of hydrogen-bond donors (Lipinski definition) is 2. The molecule has 1 aromatic carbocycles. The fourth-order valence-electron chi connectivity index (χ4n) is 2.92. The van der Waals surface area contributed by atoms with E-state index in [0.717, 1.165) is 49.9 Å². The number of rotatable bonds is 4. The lowest BCUT2D eigenvalue weighted by atomic mass is 9.76. The quantitative estimate of drug-likeness (QED) is 0.889. The van der Waals surface area contributed by atoms with Gasteiger partial charge >= 0.3 is 0 Å². The summed E-state index contributed by atoms with van der Waals surface area (Å²) in [5.41, 5.74) is 1.96. The summed E-state index contributed by atoms with van der Waals surface area (Å²) < 4.78 is 27.9. The average Bonchev–Trinajstić information content (AvgIpc) is 2.81. The SMILES string of the molecule is CCC1(NS(=O)(=O)c2ccc3c(c2)CCN3)CCC1. The maximum absolute atomic E-state index is 12.5. The van der Waals surface area contributed by atoms with Gasteiger partial charge in [-0.1, -0.05) is 6.92 Å². The molecule has 1 saturated carbocycles. The van der Waals surface area contributed by atoms with Crippen LogP contribution in [0.4, 0.5) is 5.69 Å². The first kappa shape index (κ1) is 12.9. The molecule has 4 nitrogen and oxygen atoms in total. The molecule has 0 bridgehead atoms. The van der Waals surface area contributed by atoms with Crippen molar-refractivity contribution in [3.05, 3.63) is 23.8 Å². The molecule has 104 valence electrons. The Labute approximate surface area is 114 Å². The van der Waals surface area contributed by atoms with Crippen molar-refractivity contribution >= 4 is 15.7 Å². The van der Waals surface area contributed by atoms with Crippen molar-refractivity contribution in [1.29, 1.82) is 0 Å². The van der Waals surface area contributed by atoms with Gasteiger partial charge in [-0.25, -0.2) is 13.1 Å². The minimum absolute atomic E-state index is 0.198. The normalized spacial score (nSPS) is 20.5. The Morgan fingerprint density at radius 2 is 2.16 bits per heavy atom. The topological polar surface area (TPSA) is 58.2 Å².